The Hall–Kier alpha value is 0. The molecule has 12 fully saturated rings. The van der Waals surface area contributed by atoms with Crippen molar-refractivity contribution in [2.75, 3.05) is 0 Å². The van der Waals surface area contributed by atoms with Crippen LogP contribution in [0.4, 0.5) is 0 Å². The van der Waals surface area contributed by atoms with Crippen LogP contribution in [-0.2, 0) is 0 Å². The van der Waals surface area contributed by atoms with Crippen molar-refractivity contribution in [3.63, 3.8) is 0 Å². The zero-order valence-electron chi connectivity index (χ0n) is 93.8. The van der Waals surface area contributed by atoms with Gasteiger partial charge in [-0.2, -0.15) is 0 Å². The van der Waals surface area contributed by atoms with Crippen LogP contribution in [0.5, 0.6) is 0 Å². The molecule has 0 aromatic rings. The molecule has 0 nitrogen and oxygen atoms in total. The van der Waals surface area contributed by atoms with Crippen molar-refractivity contribution in [1.29, 1.82) is 0 Å². The maximum atomic E-state index is 2.48. The van der Waals surface area contributed by atoms with Crippen molar-refractivity contribution in [3.05, 3.63) is 0 Å². The van der Waals surface area contributed by atoms with Gasteiger partial charge in [-0.1, -0.05) is 475 Å². The quantitative estimate of drug-likeness (QED) is 0.212. The van der Waals surface area contributed by atoms with Crippen LogP contribution < -0.4 is 0 Å². The van der Waals surface area contributed by atoms with E-state index in [1.165, 1.54) is 289 Å². The fourth-order valence-corrected chi connectivity index (χ4v) is 20.0. The monoisotopic (exact) mass is 1660 g/mol. The van der Waals surface area contributed by atoms with E-state index in [1.807, 2.05) is 83.1 Å². The van der Waals surface area contributed by atoms with E-state index >= 15 is 0 Å². The van der Waals surface area contributed by atoms with Crippen molar-refractivity contribution < 1.29 is 0 Å². The summed E-state index contributed by atoms with van der Waals surface area (Å²) < 4.78 is 0. The fraction of sp³-hybridized carbons (Fsp3) is 1.00. The third-order valence-electron chi connectivity index (χ3n) is 34.3. The summed E-state index contributed by atoms with van der Waals surface area (Å²) >= 11 is 0. The van der Waals surface area contributed by atoms with Gasteiger partial charge in [-0.25, -0.2) is 0 Å². The molecule has 0 heterocycles. The first-order valence-corrected chi connectivity index (χ1v) is 53.8. The lowest BCUT2D eigenvalue weighted by atomic mass is 9.56. The van der Waals surface area contributed by atoms with Gasteiger partial charge in [0.05, 0.1) is 0 Å². The van der Waals surface area contributed by atoms with Crippen molar-refractivity contribution >= 4 is 0 Å². The molecule has 12 aliphatic rings. The number of hydrogen-bond acceptors (Lipinski definition) is 0. The summed E-state index contributed by atoms with van der Waals surface area (Å²) in [6.07, 6.45) is 66.1. The van der Waals surface area contributed by atoms with Crippen LogP contribution in [0, 0.1) is 128 Å². The molecule has 0 aliphatic heterocycles. The van der Waals surface area contributed by atoms with Crippen LogP contribution in [0.15, 0.2) is 0 Å². The summed E-state index contributed by atoms with van der Waals surface area (Å²) in [6, 6.07) is 0. The predicted octanol–water partition coefficient (Wildman–Crippen LogP) is 43.9. The zero-order chi connectivity index (χ0) is 93.8. The van der Waals surface area contributed by atoms with Gasteiger partial charge in [0.15, 0.2) is 0 Å². The van der Waals surface area contributed by atoms with E-state index in [4.69, 9.17) is 0 Å². The Morgan fingerprint density at radius 2 is 0.314 bits per heavy atom. The maximum Gasteiger partial charge on any atom is -0.0246 e. The van der Waals surface area contributed by atoms with E-state index in [0.717, 1.165) is 40.9 Å². The highest BCUT2D eigenvalue weighted by molar-refractivity contribution is 5.02. The van der Waals surface area contributed by atoms with E-state index in [2.05, 4.69) is 263 Å². The minimum absolute atomic E-state index is 0.497. The topological polar surface area (TPSA) is 0 Å². The minimum atomic E-state index is 0.497. The van der Waals surface area contributed by atoms with E-state index in [9.17, 15) is 0 Å². The smallest absolute Gasteiger partial charge is 0.0246 e. The lowest BCUT2D eigenvalue weighted by Crippen LogP contribution is -2.38. The van der Waals surface area contributed by atoms with E-state index in [1.54, 1.807) is 0 Å². The minimum Gasteiger partial charge on any atom is -0.0683 e. The molecular weight excluding hydrogens is 1420 g/mol. The van der Waals surface area contributed by atoms with Crippen LogP contribution >= 0.6 is 0 Å². The molecule has 12 aliphatic carbocycles. The van der Waals surface area contributed by atoms with Crippen LogP contribution in [-0.4, -0.2) is 0 Å². The highest BCUT2D eigenvalue weighted by Gasteiger charge is 2.52. The summed E-state index contributed by atoms with van der Waals surface area (Å²) in [7, 11) is 0. The summed E-state index contributed by atoms with van der Waals surface area (Å²) in [4.78, 5) is 0. The molecule has 0 aromatic carbocycles. The molecule has 2 bridgehead atoms. The molecule has 0 spiro atoms. The normalized spacial score (nSPS) is 23.8. The number of fused-ring (bicyclic) bond motifs is 2. The molecule has 118 heavy (non-hydrogen) atoms. The molecule has 0 atom stereocenters. The zero-order valence-corrected chi connectivity index (χ0v) is 93.8. The second kappa shape index (κ2) is 57.8. The largest absolute Gasteiger partial charge is 0.0683 e. The summed E-state index contributed by atoms with van der Waals surface area (Å²) in [6.45, 7) is 114. The van der Waals surface area contributed by atoms with Crippen LogP contribution in [0.25, 0.3) is 0 Å². The lowest BCUT2D eigenvalue weighted by Gasteiger charge is -2.49. The van der Waals surface area contributed by atoms with E-state index in [0.29, 0.717) is 86.6 Å². The average molecular weight is 1670 g/mol. The third kappa shape index (κ3) is 49.0. The van der Waals surface area contributed by atoms with Gasteiger partial charge in [-0.3, -0.25) is 0 Å². The maximum absolute atomic E-state index is 2.48. The lowest BCUT2D eigenvalue weighted by molar-refractivity contribution is 0.0176. The summed E-state index contributed by atoms with van der Waals surface area (Å²) in [5.41, 5.74) is 10.0. The summed E-state index contributed by atoms with van der Waals surface area (Å²) in [5, 5.41) is 0. The standard InChI is InChI=1S/C12H24.C11H20.2C11H22.2C10H20.2C9H18.2C8H16.C7H14.6C2H6/c1-11(2,3)12(4)9-7-5-6-8-10-12;1-10(2,3)11-6-4-9(8-11)5-7-11;1-10(2,3)11(4)8-6-5-7-9-11;1-11(2,3)10-8-6-4-5-7-9-10;1-9(2,3)10(4)7-5-6-8-10;1-10(2,3)9-7-5-4-6-8-9;1-8(2,3)9(4)6-5-7-9;1-9(2,3)8-6-4-5-7-8;1-7(2,3)8(4)5-6-8;1-8(2,3)7-5-4-6-7;1-7(2,3)6-4-5-6;6*1-2/h5-10H2,1-4H3;9H,4-8H2,1-3H3;5-9H2,1-4H3;10H,4-9H2,1-3H3;5-8H2,1-4H3;9H,4-8H2,1-3H3;5-7H2,1-4H3;8H,4-7H2,1-3H3;5-6H2,1-4H3;7H,4-6H2,1-3H3;6H,4-5H2,1-3H3;6*1-2H3. The molecule has 0 aromatic heterocycles. The Bertz CT molecular complexity index is 2250. The molecule has 12 rings (SSSR count). The molecule has 12 saturated carbocycles. The summed E-state index contributed by atoms with van der Waals surface area (Å²) in [5.74, 6) is 6.19. The highest BCUT2D eigenvalue weighted by Crippen LogP contribution is 2.63. The first-order valence-electron chi connectivity index (χ1n) is 53.8. The molecule has 0 N–H and O–H groups in total. The molecule has 0 heteroatoms. The van der Waals surface area contributed by atoms with Crippen molar-refractivity contribution in [2.45, 2.75) is 635 Å². The van der Waals surface area contributed by atoms with Crippen LogP contribution in [0.1, 0.15) is 635 Å². The van der Waals surface area contributed by atoms with E-state index in [-0.39, 0.29) is 0 Å². The molecule has 718 valence electrons. The Kier molecular flexibility index (Phi) is 62.0. The van der Waals surface area contributed by atoms with Gasteiger partial charge in [0.1, 0.15) is 0 Å². The van der Waals surface area contributed by atoms with Gasteiger partial charge in [0, 0.05) is 0 Å². The van der Waals surface area contributed by atoms with Crippen LogP contribution in [0.2, 0.25) is 0 Å². The third-order valence-corrected chi connectivity index (χ3v) is 34.3. The second-order valence-electron chi connectivity index (χ2n) is 52.5. The molecule has 0 saturated heterocycles. The molecular formula is C118H246. The molecule has 0 unspecified atom stereocenters. The predicted molar refractivity (Wildman–Crippen MR) is 554 cm³/mol. The van der Waals surface area contributed by atoms with Gasteiger partial charge in [0.2, 0.25) is 0 Å². The second-order valence-corrected chi connectivity index (χ2v) is 52.5. The first kappa shape index (κ1) is 127. The number of hydrogen-bond donors (Lipinski definition) is 0. The van der Waals surface area contributed by atoms with Crippen LogP contribution in [0.3, 0.4) is 0 Å². The van der Waals surface area contributed by atoms with E-state index < -0.39 is 0 Å². The Balaban J connectivity index is -0.000000392. The van der Waals surface area contributed by atoms with Crippen molar-refractivity contribution in [2.24, 2.45) is 128 Å². The number of rotatable bonds is 0. The highest BCUT2D eigenvalue weighted by atomic mass is 14.6. The van der Waals surface area contributed by atoms with Gasteiger partial charge in [-0.05, 0) is 288 Å². The van der Waals surface area contributed by atoms with Gasteiger partial charge >= 0.3 is 0 Å². The van der Waals surface area contributed by atoms with Gasteiger partial charge in [0.25, 0.3) is 0 Å². The van der Waals surface area contributed by atoms with Gasteiger partial charge < -0.3 is 0 Å². The SMILES string of the molecule is CC.CC.CC.CC.CC.CC.CC(C)(C)C1(C)CC1.CC(C)(C)C1(C)CCC1.CC(C)(C)C1(C)CCCC1.CC(C)(C)C1(C)CCCCC1.CC(C)(C)C1(C)CCCCCC1.CC(C)(C)C12CCC(CC1)C2.CC(C)(C)C1CC1.CC(C)(C)C1CCC1.CC(C)(C)C1CCCC1.CC(C)(C)C1CCCCC1.CC(C)(C)C1CCCCCC1. The Labute approximate surface area is 757 Å². The van der Waals surface area contributed by atoms with Crippen molar-refractivity contribution in [1.82, 2.24) is 0 Å². The van der Waals surface area contributed by atoms with Crippen molar-refractivity contribution in [3.8, 4) is 0 Å². The Morgan fingerprint density at radius 1 is 0.153 bits per heavy atom. The average Bonchev–Trinajstić information content (AvgIpc) is 1.53. The Morgan fingerprint density at radius 3 is 0.432 bits per heavy atom. The first-order chi connectivity index (χ1) is 53.8. The molecule has 0 radical (unpaired) electrons. The molecule has 0 amide bonds. The van der Waals surface area contributed by atoms with Gasteiger partial charge in [-0.15, -0.1) is 0 Å². The fourth-order valence-electron chi connectivity index (χ4n) is 20.0.